The van der Waals surface area contributed by atoms with Crippen LogP contribution in [0.4, 0.5) is 13.2 Å². The summed E-state index contributed by atoms with van der Waals surface area (Å²) < 4.78 is 54.4. The molecule has 0 aliphatic carbocycles. The standard InChI is InChI=1S/C23H18F3N3O4S/c24-18-20(34-9-8-15(28)23(30)31)19(25)22(29-21(18)26)33-17-10-14(11-27)6-7-16(17)32-12-13-4-2-1-3-5-13/h1-7,10,15H,8-9,12,28H2,(H,30,31). The molecule has 3 aromatic rings. The van der Waals surface area contributed by atoms with Gasteiger partial charge in [0.15, 0.2) is 17.3 Å². The van der Waals surface area contributed by atoms with Crippen molar-refractivity contribution in [3.63, 3.8) is 0 Å². The lowest BCUT2D eigenvalue weighted by Crippen LogP contribution is -2.30. The SMILES string of the molecule is N#Cc1ccc(OCc2ccccc2)c(Oc2nc(F)c(F)c(SCCC(N)C(=O)O)c2F)c1. The Hall–Kier alpha value is -3.75. The molecule has 0 saturated carbocycles. The molecular weight excluding hydrogens is 471 g/mol. The van der Waals surface area contributed by atoms with Gasteiger partial charge in [-0.3, -0.25) is 4.79 Å². The Balaban J connectivity index is 1.87. The van der Waals surface area contributed by atoms with Gasteiger partial charge in [0.05, 0.1) is 16.5 Å². The molecule has 34 heavy (non-hydrogen) atoms. The molecule has 0 aliphatic rings. The molecule has 3 rings (SSSR count). The van der Waals surface area contributed by atoms with Crippen molar-refractivity contribution in [1.29, 1.82) is 5.26 Å². The van der Waals surface area contributed by atoms with Gasteiger partial charge in [-0.1, -0.05) is 30.3 Å². The fraction of sp³-hybridized carbons (Fsp3) is 0.174. The minimum atomic E-state index is -1.61. The number of nitrogens with two attached hydrogens (primary N) is 1. The third-order valence-corrected chi connectivity index (χ3v) is 5.56. The lowest BCUT2D eigenvalue weighted by Gasteiger charge is -2.14. The monoisotopic (exact) mass is 489 g/mol. The number of rotatable bonds is 10. The fourth-order valence-corrected chi connectivity index (χ4v) is 3.70. The summed E-state index contributed by atoms with van der Waals surface area (Å²) in [5.41, 5.74) is 6.36. The maximum atomic E-state index is 15.0. The van der Waals surface area contributed by atoms with Gasteiger partial charge in [-0.2, -0.15) is 19.0 Å². The van der Waals surface area contributed by atoms with Gasteiger partial charge in [0.2, 0.25) is 5.82 Å². The number of pyridine rings is 1. The molecule has 0 amide bonds. The van der Waals surface area contributed by atoms with Gasteiger partial charge in [-0.25, -0.2) is 4.39 Å². The van der Waals surface area contributed by atoms with Crippen LogP contribution >= 0.6 is 11.8 Å². The molecule has 0 radical (unpaired) electrons. The largest absolute Gasteiger partial charge is 0.485 e. The molecule has 2 aromatic carbocycles. The summed E-state index contributed by atoms with van der Waals surface area (Å²) in [4.78, 5) is 13.3. The molecule has 1 heterocycles. The number of carbonyl (C=O) groups is 1. The highest BCUT2D eigenvalue weighted by atomic mass is 32.2. The predicted molar refractivity (Wildman–Crippen MR) is 117 cm³/mol. The van der Waals surface area contributed by atoms with Gasteiger partial charge < -0.3 is 20.3 Å². The van der Waals surface area contributed by atoms with Gasteiger partial charge >= 0.3 is 5.97 Å². The number of ether oxygens (including phenoxy) is 2. The number of carboxylic acids is 1. The summed E-state index contributed by atoms with van der Waals surface area (Å²) in [6.45, 7) is 0.127. The summed E-state index contributed by atoms with van der Waals surface area (Å²) in [7, 11) is 0. The number of benzene rings is 2. The van der Waals surface area contributed by atoms with E-state index in [0.29, 0.717) is 11.8 Å². The number of nitrogens with zero attached hydrogens (tertiary/aromatic N) is 2. The van der Waals surface area contributed by atoms with Crippen molar-refractivity contribution in [2.45, 2.75) is 24.0 Å². The maximum Gasteiger partial charge on any atom is 0.320 e. The molecule has 1 atom stereocenters. The van der Waals surface area contributed by atoms with Crippen molar-refractivity contribution in [3.8, 4) is 23.4 Å². The van der Waals surface area contributed by atoms with E-state index >= 15 is 0 Å². The molecule has 0 saturated heterocycles. The van der Waals surface area contributed by atoms with E-state index in [1.807, 2.05) is 36.4 Å². The van der Waals surface area contributed by atoms with E-state index < -0.39 is 40.4 Å². The van der Waals surface area contributed by atoms with Gasteiger partial charge in [-0.15, -0.1) is 11.8 Å². The van der Waals surface area contributed by atoms with Gasteiger partial charge in [0.25, 0.3) is 11.8 Å². The zero-order valence-electron chi connectivity index (χ0n) is 17.5. The minimum Gasteiger partial charge on any atom is -0.485 e. The Morgan fingerprint density at radius 1 is 1.15 bits per heavy atom. The highest BCUT2D eigenvalue weighted by Gasteiger charge is 2.24. The molecule has 7 nitrogen and oxygen atoms in total. The first-order valence-corrected chi connectivity index (χ1v) is 10.8. The zero-order valence-corrected chi connectivity index (χ0v) is 18.3. The van der Waals surface area contributed by atoms with E-state index in [1.165, 1.54) is 18.2 Å². The first kappa shape index (κ1) is 24.9. The number of halogens is 3. The van der Waals surface area contributed by atoms with Crippen LogP contribution in [0.2, 0.25) is 0 Å². The van der Waals surface area contributed by atoms with Crippen molar-refractivity contribution in [1.82, 2.24) is 4.98 Å². The molecular formula is C23H18F3N3O4S. The minimum absolute atomic E-state index is 0.0977. The first-order chi connectivity index (χ1) is 16.3. The second-order valence-electron chi connectivity index (χ2n) is 6.90. The van der Waals surface area contributed by atoms with E-state index in [2.05, 4.69) is 4.98 Å². The number of carboxylic acid groups (broad SMARTS) is 1. The maximum absolute atomic E-state index is 15.0. The Morgan fingerprint density at radius 2 is 1.88 bits per heavy atom. The summed E-state index contributed by atoms with van der Waals surface area (Å²) in [6.07, 6.45) is -0.110. The molecule has 0 bridgehead atoms. The number of aromatic nitrogens is 1. The summed E-state index contributed by atoms with van der Waals surface area (Å²) >= 11 is 0.541. The van der Waals surface area contributed by atoms with E-state index in [1.54, 1.807) is 0 Å². The van der Waals surface area contributed by atoms with Crippen LogP contribution < -0.4 is 15.2 Å². The topological polar surface area (TPSA) is 118 Å². The molecule has 1 aromatic heterocycles. The van der Waals surface area contributed by atoms with Crippen molar-refractivity contribution in [2.75, 3.05) is 5.75 Å². The van der Waals surface area contributed by atoms with E-state index in [4.69, 9.17) is 20.3 Å². The van der Waals surface area contributed by atoms with Crippen LogP contribution in [-0.4, -0.2) is 27.9 Å². The second kappa shape index (κ2) is 11.4. The number of nitriles is 1. The predicted octanol–water partition coefficient (Wildman–Crippen LogP) is 4.64. The van der Waals surface area contributed by atoms with Crippen LogP contribution in [0.25, 0.3) is 0 Å². The van der Waals surface area contributed by atoms with Crippen molar-refractivity contribution >= 4 is 17.7 Å². The molecule has 0 aliphatic heterocycles. The lowest BCUT2D eigenvalue weighted by molar-refractivity contribution is -0.138. The molecule has 176 valence electrons. The highest BCUT2D eigenvalue weighted by molar-refractivity contribution is 7.99. The fourth-order valence-electron chi connectivity index (χ4n) is 2.70. The molecule has 1 unspecified atom stereocenters. The van der Waals surface area contributed by atoms with Crippen LogP contribution in [0.5, 0.6) is 17.4 Å². The molecule has 11 heteroatoms. The quantitative estimate of drug-likeness (QED) is 0.312. The molecule has 0 fully saturated rings. The van der Waals surface area contributed by atoms with Crippen LogP contribution in [0, 0.1) is 28.9 Å². The zero-order chi connectivity index (χ0) is 24.7. The van der Waals surface area contributed by atoms with Crippen LogP contribution in [-0.2, 0) is 11.4 Å². The third kappa shape index (κ3) is 6.18. The van der Waals surface area contributed by atoms with Gasteiger partial charge in [-0.05, 0) is 24.1 Å². The Labute approximate surface area is 196 Å². The van der Waals surface area contributed by atoms with Crippen LogP contribution in [0.1, 0.15) is 17.5 Å². The number of hydrogen-bond acceptors (Lipinski definition) is 7. The third-order valence-electron chi connectivity index (χ3n) is 4.48. The van der Waals surface area contributed by atoms with Gasteiger partial charge in [0.1, 0.15) is 12.6 Å². The Kier molecular flexibility index (Phi) is 8.34. The second-order valence-corrected chi connectivity index (χ2v) is 8.00. The summed E-state index contributed by atoms with van der Waals surface area (Å²) in [5.74, 6) is -6.68. The Morgan fingerprint density at radius 3 is 2.56 bits per heavy atom. The van der Waals surface area contributed by atoms with E-state index in [9.17, 15) is 23.2 Å². The highest BCUT2D eigenvalue weighted by Crippen LogP contribution is 2.37. The van der Waals surface area contributed by atoms with Gasteiger partial charge in [0, 0.05) is 11.8 Å². The average molecular weight is 489 g/mol. The van der Waals surface area contributed by atoms with Crippen molar-refractivity contribution < 1.29 is 32.5 Å². The number of thioether (sulfide) groups is 1. The summed E-state index contributed by atoms with van der Waals surface area (Å²) in [6, 6.07) is 13.9. The smallest absolute Gasteiger partial charge is 0.320 e. The molecule has 3 N–H and O–H groups in total. The number of aliphatic carboxylic acids is 1. The van der Waals surface area contributed by atoms with Crippen molar-refractivity contribution in [3.05, 3.63) is 77.2 Å². The van der Waals surface area contributed by atoms with E-state index in [0.717, 1.165) is 5.56 Å². The Bertz CT molecular complexity index is 1220. The first-order valence-electron chi connectivity index (χ1n) is 9.84. The van der Waals surface area contributed by atoms with Crippen LogP contribution in [0.15, 0.2) is 53.4 Å². The normalized spacial score (nSPS) is 11.5. The van der Waals surface area contributed by atoms with E-state index in [-0.39, 0.29) is 35.8 Å². The van der Waals surface area contributed by atoms with Crippen molar-refractivity contribution in [2.24, 2.45) is 5.73 Å². The molecule has 0 spiro atoms. The lowest BCUT2D eigenvalue weighted by atomic mass is 10.2. The number of hydrogen-bond donors (Lipinski definition) is 2. The van der Waals surface area contributed by atoms with Crippen LogP contribution in [0.3, 0.4) is 0 Å². The summed E-state index contributed by atoms with van der Waals surface area (Å²) in [5, 5.41) is 18.0. The average Bonchev–Trinajstić information content (AvgIpc) is 2.84.